The Hall–Kier alpha value is -1.84. The molecule has 0 atom stereocenters. The molecular weight excluding hydrogens is 164 g/mol. The molecule has 0 aliphatic rings. The summed E-state index contributed by atoms with van der Waals surface area (Å²) in [6.07, 6.45) is 1.56. The van der Waals surface area contributed by atoms with Gasteiger partial charge in [-0.3, -0.25) is 0 Å². The Labute approximate surface area is 76.2 Å². The molecule has 1 aromatic heterocycles. The molecule has 2 aromatic rings. The molecule has 4 heteroatoms. The summed E-state index contributed by atoms with van der Waals surface area (Å²) in [5, 5.41) is 7.63. The first kappa shape index (κ1) is 7.79. The maximum absolute atomic E-state index is 3.91. The molecule has 1 N–H and O–H groups in total. The molecule has 13 heavy (non-hydrogen) atoms. The zero-order valence-corrected chi connectivity index (χ0v) is 7.31. The van der Waals surface area contributed by atoms with Gasteiger partial charge in [0.2, 0.25) is 5.95 Å². The summed E-state index contributed by atoms with van der Waals surface area (Å²) < 4.78 is 0. The first-order valence-electron chi connectivity index (χ1n) is 4.03. The van der Waals surface area contributed by atoms with Crippen molar-refractivity contribution in [2.24, 2.45) is 0 Å². The fourth-order valence-electron chi connectivity index (χ4n) is 1.14. The predicted molar refractivity (Wildman–Crippen MR) is 50.9 cm³/mol. The molecule has 2 rings (SSSR count). The lowest BCUT2D eigenvalue weighted by molar-refractivity contribution is 1.03. The second-order valence-electron chi connectivity index (χ2n) is 2.71. The minimum absolute atomic E-state index is 0.742. The lowest BCUT2D eigenvalue weighted by atomic mass is 10.3. The number of hydrogen-bond donors (Lipinski definition) is 1. The van der Waals surface area contributed by atoms with Crippen molar-refractivity contribution in [1.82, 2.24) is 15.2 Å². The van der Waals surface area contributed by atoms with Crippen LogP contribution in [0.1, 0.15) is 0 Å². The average molecular weight is 174 g/mol. The van der Waals surface area contributed by atoms with Gasteiger partial charge < -0.3 is 9.88 Å². The van der Waals surface area contributed by atoms with E-state index < -0.39 is 0 Å². The Morgan fingerprint density at radius 1 is 1.23 bits per heavy atom. The number of anilines is 2. The van der Waals surface area contributed by atoms with Crippen LogP contribution in [-0.2, 0) is 0 Å². The van der Waals surface area contributed by atoms with Crippen molar-refractivity contribution in [2.75, 3.05) is 11.9 Å². The molecule has 0 bridgehead atoms. The molecule has 1 heterocycles. The van der Waals surface area contributed by atoms with Crippen molar-refractivity contribution in [3.8, 4) is 0 Å². The number of aromatic amines is 1. The number of nitrogens with zero attached hydrogens (tertiary/aromatic N) is 3. The van der Waals surface area contributed by atoms with Crippen molar-refractivity contribution in [1.29, 1.82) is 0 Å². The molecule has 4 nitrogen and oxygen atoms in total. The topological polar surface area (TPSA) is 44.8 Å². The molecule has 1 aromatic carbocycles. The number of nitrogens with one attached hydrogen (secondary N) is 1. The maximum Gasteiger partial charge on any atom is 0.228 e. The molecule has 0 aliphatic carbocycles. The number of aromatic nitrogens is 3. The van der Waals surface area contributed by atoms with Gasteiger partial charge in [-0.15, -0.1) is 10.2 Å². The molecule has 0 aliphatic heterocycles. The highest BCUT2D eigenvalue weighted by molar-refractivity contribution is 5.55. The van der Waals surface area contributed by atoms with Crippen LogP contribution in [0.3, 0.4) is 0 Å². The summed E-state index contributed by atoms with van der Waals surface area (Å²) in [6, 6.07) is 9.99. The van der Waals surface area contributed by atoms with Gasteiger partial charge in [-0.2, -0.15) is 0 Å². The molecule has 66 valence electrons. The summed E-state index contributed by atoms with van der Waals surface area (Å²) in [4.78, 5) is 4.88. The van der Waals surface area contributed by atoms with E-state index in [4.69, 9.17) is 0 Å². The molecule has 0 radical (unpaired) electrons. The van der Waals surface area contributed by atoms with Crippen LogP contribution < -0.4 is 4.90 Å². The molecule has 0 saturated carbocycles. The van der Waals surface area contributed by atoms with Crippen molar-refractivity contribution >= 4 is 11.6 Å². The van der Waals surface area contributed by atoms with Crippen molar-refractivity contribution in [3.63, 3.8) is 0 Å². The smallest absolute Gasteiger partial charge is 0.228 e. The number of hydrogen-bond acceptors (Lipinski definition) is 3. The first-order valence-corrected chi connectivity index (χ1v) is 4.03. The number of benzene rings is 1. The monoisotopic (exact) mass is 174 g/mol. The average Bonchev–Trinajstić information content (AvgIpc) is 2.71. The van der Waals surface area contributed by atoms with Crippen LogP contribution in [0.2, 0.25) is 0 Å². The van der Waals surface area contributed by atoms with Crippen LogP contribution in [0, 0.1) is 0 Å². The largest absolute Gasteiger partial charge is 0.314 e. The SMILES string of the molecule is CN(c1ccccc1)c1nnc[nH]1. The van der Waals surface area contributed by atoms with E-state index >= 15 is 0 Å². The van der Waals surface area contributed by atoms with E-state index in [2.05, 4.69) is 15.2 Å². The Balaban J connectivity index is 2.29. The van der Waals surface area contributed by atoms with Gasteiger partial charge in [-0.1, -0.05) is 18.2 Å². The third kappa shape index (κ3) is 1.51. The van der Waals surface area contributed by atoms with Gasteiger partial charge in [0.1, 0.15) is 6.33 Å². The summed E-state index contributed by atoms with van der Waals surface area (Å²) in [7, 11) is 1.94. The summed E-state index contributed by atoms with van der Waals surface area (Å²) >= 11 is 0. The van der Waals surface area contributed by atoms with Crippen LogP contribution >= 0.6 is 0 Å². The standard InChI is InChI=1S/C9H10N4/c1-13(9-10-7-11-12-9)8-5-3-2-4-6-8/h2-7H,1H3,(H,10,11,12). The molecular formula is C9H10N4. The van der Waals surface area contributed by atoms with Gasteiger partial charge in [0.15, 0.2) is 0 Å². The van der Waals surface area contributed by atoms with Crippen molar-refractivity contribution in [2.45, 2.75) is 0 Å². The van der Waals surface area contributed by atoms with E-state index in [0.717, 1.165) is 11.6 Å². The van der Waals surface area contributed by atoms with E-state index in [9.17, 15) is 0 Å². The minimum atomic E-state index is 0.742. The normalized spacial score (nSPS) is 9.92. The van der Waals surface area contributed by atoms with Crippen LogP contribution in [0.25, 0.3) is 0 Å². The second-order valence-corrected chi connectivity index (χ2v) is 2.71. The van der Waals surface area contributed by atoms with Crippen LogP contribution in [0.4, 0.5) is 11.6 Å². The van der Waals surface area contributed by atoms with Gasteiger partial charge in [0.05, 0.1) is 0 Å². The Morgan fingerprint density at radius 3 is 2.62 bits per heavy atom. The highest BCUT2D eigenvalue weighted by atomic mass is 15.3. The van der Waals surface area contributed by atoms with E-state index in [1.807, 2.05) is 42.3 Å². The fraction of sp³-hybridized carbons (Fsp3) is 0.111. The van der Waals surface area contributed by atoms with Crippen molar-refractivity contribution < 1.29 is 0 Å². The zero-order chi connectivity index (χ0) is 9.10. The molecule has 0 amide bonds. The molecule has 0 saturated heterocycles. The fourth-order valence-corrected chi connectivity index (χ4v) is 1.14. The van der Waals surface area contributed by atoms with Gasteiger partial charge in [0.25, 0.3) is 0 Å². The third-order valence-electron chi connectivity index (χ3n) is 1.87. The van der Waals surface area contributed by atoms with Crippen molar-refractivity contribution in [3.05, 3.63) is 36.7 Å². The van der Waals surface area contributed by atoms with E-state index in [-0.39, 0.29) is 0 Å². The predicted octanol–water partition coefficient (Wildman–Crippen LogP) is 1.57. The Morgan fingerprint density at radius 2 is 2.00 bits per heavy atom. The lowest BCUT2D eigenvalue weighted by Gasteiger charge is -2.14. The second kappa shape index (κ2) is 3.26. The Bertz CT molecular complexity index is 354. The highest BCUT2D eigenvalue weighted by Crippen LogP contribution is 2.17. The van der Waals surface area contributed by atoms with Crippen LogP contribution in [-0.4, -0.2) is 22.2 Å². The summed E-state index contributed by atoms with van der Waals surface area (Å²) in [5.74, 6) is 0.742. The molecule has 0 spiro atoms. The van der Waals surface area contributed by atoms with Gasteiger partial charge >= 0.3 is 0 Å². The van der Waals surface area contributed by atoms with E-state index in [1.165, 1.54) is 0 Å². The first-order chi connectivity index (χ1) is 6.38. The van der Waals surface area contributed by atoms with Gasteiger partial charge in [0, 0.05) is 12.7 Å². The van der Waals surface area contributed by atoms with Crippen LogP contribution in [0.5, 0.6) is 0 Å². The zero-order valence-electron chi connectivity index (χ0n) is 7.31. The summed E-state index contributed by atoms with van der Waals surface area (Å²) in [5.41, 5.74) is 1.08. The Kier molecular flexibility index (Phi) is 1.96. The number of para-hydroxylation sites is 1. The van der Waals surface area contributed by atoms with Gasteiger partial charge in [-0.05, 0) is 12.1 Å². The quantitative estimate of drug-likeness (QED) is 0.751. The maximum atomic E-state index is 3.91. The third-order valence-corrected chi connectivity index (χ3v) is 1.87. The summed E-state index contributed by atoms with van der Waals surface area (Å²) in [6.45, 7) is 0. The minimum Gasteiger partial charge on any atom is -0.314 e. The van der Waals surface area contributed by atoms with Gasteiger partial charge in [-0.25, -0.2) is 0 Å². The lowest BCUT2D eigenvalue weighted by Crippen LogP contribution is -2.10. The highest BCUT2D eigenvalue weighted by Gasteiger charge is 2.04. The molecule has 0 fully saturated rings. The van der Waals surface area contributed by atoms with Crippen LogP contribution in [0.15, 0.2) is 36.7 Å². The number of H-pyrrole nitrogens is 1. The number of rotatable bonds is 2. The van der Waals surface area contributed by atoms with E-state index in [1.54, 1.807) is 6.33 Å². The molecule has 0 unspecified atom stereocenters. The van der Waals surface area contributed by atoms with E-state index in [0.29, 0.717) is 0 Å².